The number of benzene rings is 1. The molecule has 2 rings (SSSR count). The van der Waals surface area contributed by atoms with Crippen molar-refractivity contribution in [2.75, 3.05) is 6.61 Å². The van der Waals surface area contributed by atoms with Crippen molar-refractivity contribution in [1.29, 1.82) is 0 Å². The monoisotopic (exact) mass is 216 g/mol. The van der Waals surface area contributed by atoms with Crippen LogP contribution in [0.4, 0.5) is 0 Å². The van der Waals surface area contributed by atoms with Gasteiger partial charge in [-0.1, -0.05) is 30.8 Å². The van der Waals surface area contributed by atoms with Gasteiger partial charge in [0.2, 0.25) is 0 Å². The van der Waals surface area contributed by atoms with E-state index in [-0.39, 0.29) is 0 Å². The van der Waals surface area contributed by atoms with E-state index < -0.39 is 5.97 Å². The third kappa shape index (κ3) is 2.14. The fourth-order valence-electron chi connectivity index (χ4n) is 1.55. The second-order valence-electron chi connectivity index (χ2n) is 3.37. The summed E-state index contributed by atoms with van der Waals surface area (Å²) in [5, 5.41) is 2.13. The molecule has 0 radical (unpaired) electrons. The number of carbonyl (C=O) groups excluding carboxylic acids is 1. The largest absolute Gasteiger partial charge is 0.468 e. The van der Waals surface area contributed by atoms with Crippen molar-refractivity contribution < 1.29 is 13.9 Å². The normalized spacial score (nSPS) is 10.2. The number of rotatable bonds is 4. The Hall–Kier alpha value is -2.03. The molecular formula is C13H12O3. The van der Waals surface area contributed by atoms with Gasteiger partial charge >= 0.3 is 5.97 Å². The fraction of sp³-hybridized carbons (Fsp3) is 0.154. The molecule has 0 atom stereocenters. The smallest absolute Gasteiger partial charge is 0.330 e. The first-order valence-electron chi connectivity index (χ1n) is 5.05. The van der Waals surface area contributed by atoms with Crippen LogP contribution >= 0.6 is 0 Å². The maximum atomic E-state index is 10.8. The molecule has 0 aliphatic rings. The summed E-state index contributed by atoms with van der Waals surface area (Å²) in [6.07, 6.45) is 3.44. The highest BCUT2D eigenvalue weighted by atomic mass is 16.5. The van der Waals surface area contributed by atoms with E-state index in [0.29, 0.717) is 13.0 Å². The van der Waals surface area contributed by atoms with Gasteiger partial charge in [-0.05, 0) is 0 Å². The van der Waals surface area contributed by atoms with E-state index >= 15 is 0 Å². The third-order valence-electron chi connectivity index (χ3n) is 2.33. The first-order valence-corrected chi connectivity index (χ1v) is 5.05. The van der Waals surface area contributed by atoms with Crippen molar-refractivity contribution >= 4 is 16.7 Å². The van der Waals surface area contributed by atoms with Gasteiger partial charge in [-0.25, -0.2) is 4.79 Å². The Morgan fingerprint density at radius 3 is 3.06 bits per heavy atom. The highest BCUT2D eigenvalue weighted by Crippen LogP contribution is 2.20. The van der Waals surface area contributed by atoms with Crippen LogP contribution < -0.4 is 0 Å². The Morgan fingerprint density at radius 2 is 2.25 bits per heavy atom. The van der Waals surface area contributed by atoms with E-state index in [0.717, 1.165) is 22.6 Å². The van der Waals surface area contributed by atoms with Gasteiger partial charge in [0.1, 0.15) is 5.76 Å². The van der Waals surface area contributed by atoms with Gasteiger partial charge in [-0.3, -0.25) is 0 Å². The van der Waals surface area contributed by atoms with Crippen molar-refractivity contribution in [3.8, 4) is 0 Å². The molecule has 1 aromatic heterocycles. The van der Waals surface area contributed by atoms with Crippen molar-refractivity contribution in [1.82, 2.24) is 0 Å². The number of furan rings is 1. The molecule has 3 heteroatoms. The highest BCUT2D eigenvalue weighted by Gasteiger charge is 2.05. The van der Waals surface area contributed by atoms with E-state index in [1.165, 1.54) is 0 Å². The minimum atomic E-state index is -0.407. The summed E-state index contributed by atoms with van der Waals surface area (Å²) in [4.78, 5) is 10.8. The van der Waals surface area contributed by atoms with Crippen molar-refractivity contribution in [3.05, 3.63) is 48.9 Å². The average molecular weight is 216 g/mol. The Morgan fingerprint density at radius 1 is 1.44 bits per heavy atom. The molecule has 2 aromatic rings. The van der Waals surface area contributed by atoms with Gasteiger partial charge in [0.05, 0.1) is 12.9 Å². The maximum absolute atomic E-state index is 10.8. The molecular weight excluding hydrogens is 204 g/mol. The predicted molar refractivity (Wildman–Crippen MR) is 61.1 cm³/mol. The van der Waals surface area contributed by atoms with Gasteiger partial charge in [0.15, 0.2) is 0 Å². The van der Waals surface area contributed by atoms with Crippen molar-refractivity contribution in [3.63, 3.8) is 0 Å². The summed E-state index contributed by atoms with van der Waals surface area (Å²) in [7, 11) is 0. The van der Waals surface area contributed by atoms with E-state index in [2.05, 4.69) is 6.58 Å². The van der Waals surface area contributed by atoms with Gasteiger partial charge < -0.3 is 9.15 Å². The Balaban J connectivity index is 2.04. The van der Waals surface area contributed by atoms with Crippen LogP contribution in [0.5, 0.6) is 0 Å². The van der Waals surface area contributed by atoms with Crippen LogP contribution in [0, 0.1) is 0 Å². The maximum Gasteiger partial charge on any atom is 0.330 e. The molecule has 0 aliphatic carbocycles. The molecule has 16 heavy (non-hydrogen) atoms. The number of hydrogen-bond donors (Lipinski definition) is 0. The predicted octanol–water partition coefficient (Wildman–Crippen LogP) is 2.70. The van der Waals surface area contributed by atoms with E-state index in [4.69, 9.17) is 9.15 Å². The summed E-state index contributed by atoms with van der Waals surface area (Å²) in [6.45, 7) is 3.64. The number of esters is 1. The first-order chi connectivity index (χ1) is 7.81. The Kier molecular flexibility index (Phi) is 3.05. The van der Waals surface area contributed by atoms with Crippen LogP contribution in [0.3, 0.4) is 0 Å². The minimum Gasteiger partial charge on any atom is -0.468 e. The van der Waals surface area contributed by atoms with Gasteiger partial charge in [0, 0.05) is 23.3 Å². The molecule has 0 saturated carbocycles. The topological polar surface area (TPSA) is 39.4 Å². The Bertz CT molecular complexity index is 511. The molecule has 3 nitrogen and oxygen atoms in total. The minimum absolute atomic E-state index is 0.308. The molecule has 1 heterocycles. The van der Waals surface area contributed by atoms with Crippen molar-refractivity contribution in [2.45, 2.75) is 6.42 Å². The lowest BCUT2D eigenvalue weighted by molar-refractivity contribution is -0.137. The van der Waals surface area contributed by atoms with Gasteiger partial charge in [-0.2, -0.15) is 0 Å². The SMILES string of the molecule is C=CC(=O)OCCc1occ2ccccc12. The molecule has 82 valence electrons. The van der Waals surface area contributed by atoms with E-state index in [1.807, 2.05) is 24.3 Å². The molecule has 0 spiro atoms. The van der Waals surface area contributed by atoms with Gasteiger partial charge in [-0.15, -0.1) is 0 Å². The number of carbonyl (C=O) groups is 1. The van der Waals surface area contributed by atoms with Crippen LogP contribution in [0.15, 0.2) is 47.6 Å². The molecule has 0 aliphatic heterocycles. The average Bonchev–Trinajstić information content (AvgIpc) is 2.73. The lowest BCUT2D eigenvalue weighted by Crippen LogP contribution is -2.03. The summed E-state index contributed by atoms with van der Waals surface area (Å²) < 4.78 is 10.3. The highest BCUT2D eigenvalue weighted by molar-refractivity contribution is 5.84. The molecule has 0 saturated heterocycles. The van der Waals surface area contributed by atoms with Crippen LogP contribution in [-0.2, 0) is 16.0 Å². The second-order valence-corrected chi connectivity index (χ2v) is 3.37. The van der Waals surface area contributed by atoms with Gasteiger partial charge in [0.25, 0.3) is 0 Å². The molecule has 0 N–H and O–H groups in total. The molecule has 1 aromatic carbocycles. The zero-order valence-corrected chi connectivity index (χ0v) is 8.81. The fourth-order valence-corrected chi connectivity index (χ4v) is 1.55. The molecule has 0 amide bonds. The number of fused-ring (bicyclic) bond motifs is 1. The second kappa shape index (κ2) is 4.66. The molecule has 0 bridgehead atoms. The summed E-state index contributed by atoms with van der Waals surface area (Å²) in [6, 6.07) is 7.89. The Labute approximate surface area is 93.3 Å². The first kappa shape index (κ1) is 10.5. The van der Waals surface area contributed by atoms with Crippen LogP contribution in [0.25, 0.3) is 10.8 Å². The lowest BCUT2D eigenvalue weighted by Gasteiger charge is -1.99. The summed E-state index contributed by atoms with van der Waals surface area (Å²) >= 11 is 0. The summed E-state index contributed by atoms with van der Waals surface area (Å²) in [5.74, 6) is 0.434. The van der Waals surface area contributed by atoms with Crippen molar-refractivity contribution in [2.24, 2.45) is 0 Å². The van der Waals surface area contributed by atoms with Crippen LogP contribution in [0.1, 0.15) is 5.76 Å². The number of hydrogen-bond acceptors (Lipinski definition) is 3. The zero-order valence-electron chi connectivity index (χ0n) is 8.81. The quantitative estimate of drug-likeness (QED) is 0.582. The lowest BCUT2D eigenvalue weighted by atomic mass is 10.1. The van der Waals surface area contributed by atoms with Crippen LogP contribution in [0.2, 0.25) is 0 Å². The zero-order chi connectivity index (χ0) is 11.4. The third-order valence-corrected chi connectivity index (χ3v) is 2.33. The standard InChI is InChI=1S/C13H12O3/c1-2-13(14)15-8-7-12-11-6-4-3-5-10(11)9-16-12/h2-6,9H,1,7-8H2. The van der Waals surface area contributed by atoms with E-state index in [9.17, 15) is 4.79 Å². The van der Waals surface area contributed by atoms with E-state index in [1.54, 1.807) is 6.26 Å². The summed E-state index contributed by atoms with van der Waals surface area (Å²) in [5.41, 5.74) is 0. The molecule has 0 fully saturated rings. The molecule has 0 unspecified atom stereocenters. The number of ether oxygens (including phenoxy) is 1. The van der Waals surface area contributed by atoms with Crippen LogP contribution in [-0.4, -0.2) is 12.6 Å².